The molecule has 0 atom stereocenters. The summed E-state index contributed by atoms with van der Waals surface area (Å²) in [6.07, 6.45) is 0.354. The first-order valence-electron chi connectivity index (χ1n) is 6.29. The zero-order chi connectivity index (χ0) is 14.5. The Labute approximate surface area is 116 Å². The summed E-state index contributed by atoms with van der Waals surface area (Å²) in [4.78, 5) is 16.1. The van der Waals surface area contributed by atoms with Crippen LogP contribution < -0.4 is 5.32 Å². The Hall–Kier alpha value is -2.68. The van der Waals surface area contributed by atoms with E-state index < -0.39 is 0 Å². The second kappa shape index (κ2) is 5.97. The molecule has 2 N–H and O–H groups in total. The Kier molecular flexibility index (Phi) is 4.11. The fourth-order valence-electron chi connectivity index (χ4n) is 1.62. The Morgan fingerprint density at radius 1 is 1.40 bits per heavy atom. The zero-order valence-electron chi connectivity index (χ0n) is 11.3. The van der Waals surface area contributed by atoms with Crippen LogP contribution in [0, 0.1) is 11.3 Å². The third kappa shape index (κ3) is 3.20. The molecule has 0 aliphatic carbocycles. The number of amides is 1. The van der Waals surface area contributed by atoms with E-state index in [0.29, 0.717) is 17.9 Å². The van der Waals surface area contributed by atoms with Crippen molar-refractivity contribution in [3.8, 4) is 6.07 Å². The van der Waals surface area contributed by atoms with E-state index >= 15 is 0 Å². The maximum atomic E-state index is 12.0. The van der Waals surface area contributed by atoms with Crippen molar-refractivity contribution in [1.29, 1.82) is 5.26 Å². The highest BCUT2D eigenvalue weighted by molar-refractivity contribution is 6.01. The number of aromatic nitrogens is 3. The quantitative estimate of drug-likeness (QED) is 0.889. The highest BCUT2D eigenvalue weighted by Gasteiger charge is 2.14. The number of benzene rings is 1. The van der Waals surface area contributed by atoms with E-state index in [1.807, 2.05) is 13.8 Å². The van der Waals surface area contributed by atoms with E-state index in [1.165, 1.54) is 0 Å². The Morgan fingerprint density at radius 3 is 2.65 bits per heavy atom. The van der Waals surface area contributed by atoms with E-state index in [4.69, 9.17) is 5.26 Å². The molecular formula is C14H15N5O. The van der Waals surface area contributed by atoms with Gasteiger partial charge in [-0.1, -0.05) is 26.0 Å². The van der Waals surface area contributed by atoms with E-state index in [1.54, 1.807) is 24.3 Å². The number of H-pyrrole nitrogens is 1. The van der Waals surface area contributed by atoms with Gasteiger partial charge in [-0.15, -0.1) is 5.10 Å². The molecule has 0 aliphatic heterocycles. The molecule has 0 aliphatic rings. The highest BCUT2D eigenvalue weighted by atomic mass is 16.2. The van der Waals surface area contributed by atoms with Gasteiger partial charge in [0.15, 0.2) is 0 Å². The highest BCUT2D eigenvalue weighted by Crippen LogP contribution is 2.12. The number of hydrogen-bond acceptors (Lipinski definition) is 4. The van der Waals surface area contributed by atoms with Crippen molar-refractivity contribution in [2.45, 2.75) is 26.2 Å². The maximum Gasteiger partial charge on any atom is 0.295 e. The number of carbonyl (C=O) groups is 1. The number of nitrogens with one attached hydrogen (secondary N) is 2. The Morgan fingerprint density at radius 2 is 2.10 bits per heavy atom. The first kappa shape index (κ1) is 13.7. The predicted molar refractivity (Wildman–Crippen MR) is 74.2 cm³/mol. The van der Waals surface area contributed by atoms with Crippen LogP contribution in [-0.2, 0) is 6.42 Å². The lowest BCUT2D eigenvalue weighted by Gasteiger charge is -2.03. The normalized spacial score (nSPS) is 10.3. The van der Waals surface area contributed by atoms with Crippen molar-refractivity contribution >= 4 is 11.6 Å². The summed E-state index contributed by atoms with van der Waals surface area (Å²) in [6.45, 7) is 3.94. The minimum Gasteiger partial charge on any atom is -0.319 e. The van der Waals surface area contributed by atoms with Crippen LogP contribution in [0.15, 0.2) is 24.3 Å². The van der Waals surface area contributed by atoms with Gasteiger partial charge < -0.3 is 5.32 Å². The van der Waals surface area contributed by atoms with Crippen molar-refractivity contribution in [3.63, 3.8) is 0 Å². The summed E-state index contributed by atoms with van der Waals surface area (Å²) in [5.74, 6) is 0.629. The van der Waals surface area contributed by atoms with Crippen molar-refractivity contribution in [1.82, 2.24) is 15.2 Å². The summed E-state index contributed by atoms with van der Waals surface area (Å²) in [7, 11) is 0. The molecule has 6 heteroatoms. The molecule has 20 heavy (non-hydrogen) atoms. The minimum atomic E-state index is -0.360. The van der Waals surface area contributed by atoms with Gasteiger partial charge in [-0.3, -0.25) is 9.89 Å². The summed E-state index contributed by atoms with van der Waals surface area (Å²) >= 11 is 0. The number of aromatic amines is 1. The number of nitrogens with zero attached hydrogens (tertiary/aromatic N) is 3. The third-order valence-corrected chi connectivity index (χ3v) is 2.75. The van der Waals surface area contributed by atoms with Crippen LogP contribution in [-0.4, -0.2) is 21.1 Å². The third-order valence-electron chi connectivity index (χ3n) is 2.75. The molecule has 0 spiro atoms. The average molecular weight is 269 g/mol. The molecule has 0 unspecified atom stereocenters. The molecule has 1 amide bonds. The van der Waals surface area contributed by atoms with Gasteiger partial charge >= 0.3 is 0 Å². The van der Waals surface area contributed by atoms with Gasteiger partial charge in [-0.2, -0.15) is 5.26 Å². The van der Waals surface area contributed by atoms with Crippen LogP contribution in [0.5, 0.6) is 0 Å². The molecule has 0 bridgehead atoms. The summed E-state index contributed by atoms with van der Waals surface area (Å²) < 4.78 is 0. The van der Waals surface area contributed by atoms with Crippen LogP contribution in [0.25, 0.3) is 0 Å². The summed E-state index contributed by atoms with van der Waals surface area (Å²) in [5.41, 5.74) is 1.55. The van der Waals surface area contributed by atoms with E-state index in [9.17, 15) is 4.79 Å². The molecule has 6 nitrogen and oxygen atoms in total. The van der Waals surface area contributed by atoms with E-state index in [-0.39, 0.29) is 17.6 Å². The molecular weight excluding hydrogens is 254 g/mol. The molecule has 1 heterocycles. The Balaban J connectivity index is 2.05. The fourth-order valence-corrected chi connectivity index (χ4v) is 1.62. The lowest BCUT2D eigenvalue weighted by atomic mass is 10.1. The standard InChI is InChI=1S/C14H15N5O/c1-9(2)12-17-13(19-18-12)14(20)16-11-5-3-10(4-6-11)7-8-15/h3-6,9H,7H2,1-2H3,(H,16,20)(H,17,18,19). The molecule has 0 saturated carbocycles. The van der Waals surface area contributed by atoms with Crippen LogP contribution in [0.3, 0.4) is 0 Å². The zero-order valence-corrected chi connectivity index (χ0v) is 11.3. The van der Waals surface area contributed by atoms with Gasteiger partial charge in [0.25, 0.3) is 5.91 Å². The number of carbonyl (C=O) groups excluding carboxylic acids is 1. The van der Waals surface area contributed by atoms with Crippen LogP contribution in [0.1, 0.15) is 41.8 Å². The number of hydrogen-bond donors (Lipinski definition) is 2. The van der Waals surface area contributed by atoms with Crippen molar-refractivity contribution in [2.24, 2.45) is 0 Å². The first-order valence-corrected chi connectivity index (χ1v) is 6.29. The smallest absolute Gasteiger partial charge is 0.295 e. The lowest BCUT2D eigenvalue weighted by molar-refractivity contribution is 0.101. The van der Waals surface area contributed by atoms with Gasteiger partial charge in [-0.05, 0) is 17.7 Å². The molecule has 2 aromatic rings. The molecule has 2 rings (SSSR count). The monoisotopic (exact) mass is 269 g/mol. The van der Waals surface area contributed by atoms with Crippen LogP contribution in [0.2, 0.25) is 0 Å². The maximum absolute atomic E-state index is 12.0. The lowest BCUT2D eigenvalue weighted by Crippen LogP contribution is -2.13. The van der Waals surface area contributed by atoms with E-state index in [2.05, 4.69) is 26.6 Å². The van der Waals surface area contributed by atoms with Gasteiger partial charge in [0.05, 0.1) is 12.5 Å². The van der Waals surface area contributed by atoms with Crippen molar-refractivity contribution in [3.05, 3.63) is 41.5 Å². The Bertz CT molecular complexity index is 636. The average Bonchev–Trinajstić information content (AvgIpc) is 2.91. The molecule has 102 valence electrons. The topological polar surface area (TPSA) is 94.5 Å². The van der Waals surface area contributed by atoms with Gasteiger partial charge in [0, 0.05) is 11.6 Å². The summed E-state index contributed by atoms with van der Waals surface area (Å²) in [6, 6.07) is 9.18. The minimum absolute atomic E-state index is 0.120. The fraction of sp³-hybridized carbons (Fsp3) is 0.286. The van der Waals surface area contributed by atoms with Gasteiger partial charge in [0.2, 0.25) is 5.82 Å². The number of nitriles is 1. The second-order valence-electron chi connectivity index (χ2n) is 4.68. The SMILES string of the molecule is CC(C)c1nc(C(=O)Nc2ccc(CC#N)cc2)n[nH]1. The number of anilines is 1. The largest absolute Gasteiger partial charge is 0.319 e. The van der Waals surface area contributed by atoms with Gasteiger partial charge in [-0.25, -0.2) is 4.98 Å². The first-order chi connectivity index (χ1) is 9.60. The number of rotatable bonds is 4. The molecule has 1 aromatic carbocycles. The van der Waals surface area contributed by atoms with Crippen LogP contribution in [0.4, 0.5) is 5.69 Å². The van der Waals surface area contributed by atoms with Gasteiger partial charge in [0.1, 0.15) is 5.82 Å². The summed E-state index contributed by atoms with van der Waals surface area (Å²) in [5, 5.41) is 17.9. The van der Waals surface area contributed by atoms with Crippen molar-refractivity contribution < 1.29 is 4.79 Å². The predicted octanol–water partition coefficient (Wildman–Crippen LogP) is 2.25. The molecule has 1 aromatic heterocycles. The molecule has 0 radical (unpaired) electrons. The second-order valence-corrected chi connectivity index (χ2v) is 4.68. The van der Waals surface area contributed by atoms with Crippen molar-refractivity contribution in [2.75, 3.05) is 5.32 Å². The molecule has 0 saturated heterocycles. The van der Waals surface area contributed by atoms with Crippen LogP contribution >= 0.6 is 0 Å². The van der Waals surface area contributed by atoms with E-state index in [0.717, 1.165) is 5.56 Å². The molecule has 0 fully saturated rings.